The van der Waals surface area contributed by atoms with Crippen molar-refractivity contribution in [1.82, 2.24) is 14.6 Å². The van der Waals surface area contributed by atoms with Gasteiger partial charge in [0.05, 0.1) is 0 Å². The molecule has 0 bridgehead atoms. The molecule has 0 saturated carbocycles. The molecule has 90 valence electrons. The number of rotatable bonds is 1. The minimum Gasteiger partial charge on any atom is -0.444 e. The zero-order chi connectivity index (χ0) is 12.5. The molecule has 1 N–H and O–H groups in total. The van der Waals surface area contributed by atoms with E-state index in [-0.39, 0.29) is 0 Å². The molecule has 0 radical (unpaired) electrons. The molecule has 6 heteroatoms. The summed E-state index contributed by atoms with van der Waals surface area (Å²) in [5.74, 6) is 0. The first-order valence-corrected chi connectivity index (χ1v) is 5.23. The molecule has 2 aromatic heterocycles. The van der Waals surface area contributed by atoms with Crippen molar-refractivity contribution < 1.29 is 9.53 Å². The summed E-state index contributed by atoms with van der Waals surface area (Å²) in [4.78, 5) is 11.5. The molecule has 6 nitrogen and oxygen atoms in total. The molecular formula is C11H14N4O2. The average molecular weight is 234 g/mol. The highest BCUT2D eigenvalue weighted by Gasteiger charge is 2.16. The van der Waals surface area contributed by atoms with Gasteiger partial charge >= 0.3 is 6.09 Å². The number of hydrogen-bond acceptors (Lipinski definition) is 4. The Balaban J connectivity index is 2.10. The van der Waals surface area contributed by atoms with Gasteiger partial charge in [-0.1, -0.05) is 0 Å². The van der Waals surface area contributed by atoms with Gasteiger partial charge in [0, 0.05) is 18.0 Å². The number of nitrogens with zero attached hydrogens (tertiary/aromatic N) is 3. The maximum atomic E-state index is 11.5. The fraction of sp³-hybridized carbons (Fsp3) is 0.364. The van der Waals surface area contributed by atoms with Crippen LogP contribution in [-0.2, 0) is 4.74 Å². The lowest BCUT2D eigenvalue weighted by Crippen LogP contribution is -2.27. The maximum absolute atomic E-state index is 11.5. The molecule has 0 atom stereocenters. The van der Waals surface area contributed by atoms with Gasteiger partial charge in [-0.25, -0.2) is 4.79 Å². The van der Waals surface area contributed by atoms with Crippen LogP contribution in [0.3, 0.4) is 0 Å². The van der Waals surface area contributed by atoms with Gasteiger partial charge in [-0.3, -0.25) is 9.72 Å². The normalized spacial score (nSPS) is 11.5. The number of pyridine rings is 1. The van der Waals surface area contributed by atoms with Crippen molar-refractivity contribution in [2.45, 2.75) is 26.4 Å². The summed E-state index contributed by atoms with van der Waals surface area (Å²) in [5.41, 5.74) is 0.779. The van der Waals surface area contributed by atoms with Crippen LogP contribution in [0, 0.1) is 0 Å². The second kappa shape index (κ2) is 4.04. The maximum Gasteiger partial charge on any atom is 0.412 e. The summed E-state index contributed by atoms with van der Waals surface area (Å²) < 4.78 is 6.89. The highest BCUT2D eigenvalue weighted by molar-refractivity contribution is 5.85. The van der Waals surface area contributed by atoms with E-state index >= 15 is 0 Å². The van der Waals surface area contributed by atoms with Crippen molar-refractivity contribution >= 4 is 17.4 Å². The van der Waals surface area contributed by atoms with Crippen LogP contribution in [0.2, 0.25) is 0 Å². The van der Waals surface area contributed by atoms with Gasteiger partial charge in [0.2, 0.25) is 0 Å². The molecule has 2 heterocycles. The van der Waals surface area contributed by atoms with E-state index in [1.807, 2.05) is 20.8 Å². The van der Waals surface area contributed by atoms with Crippen molar-refractivity contribution in [1.29, 1.82) is 0 Å². The predicted molar refractivity (Wildman–Crippen MR) is 62.8 cm³/mol. The Morgan fingerprint density at radius 3 is 2.94 bits per heavy atom. The van der Waals surface area contributed by atoms with Crippen LogP contribution in [0.4, 0.5) is 10.5 Å². The van der Waals surface area contributed by atoms with E-state index in [9.17, 15) is 4.79 Å². The SMILES string of the molecule is CC(C)(C)OC(=O)Nc1ccn2cnnc2c1. The molecule has 1 amide bonds. The first-order chi connectivity index (χ1) is 7.94. The number of ether oxygens (including phenoxy) is 1. The zero-order valence-electron chi connectivity index (χ0n) is 9.97. The topological polar surface area (TPSA) is 68.5 Å². The largest absolute Gasteiger partial charge is 0.444 e. The standard InChI is InChI=1S/C11H14N4O2/c1-11(2,3)17-10(16)13-8-4-5-15-7-12-14-9(15)6-8/h4-7H,1-3H3,(H,13,16). The number of carbonyl (C=O) groups excluding carboxylic acids is 1. The minimum absolute atomic E-state index is 0.485. The van der Waals surface area contributed by atoms with Gasteiger partial charge in [-0.05, 0) is 26.8 Å². The minimum atomic E-state index is -0.511. The summed E-state index contributed by atoms with van der Waals surface area (Å²) in [6, 6.07) is 3.47. The molecule has 0 aliphatic carbocycles. The Morgan fingerprint density at radius 1 is 1.47 bits per heavy atom. The lowest BCUT2D eigenvalue weighted by atomic mass is 10.2. The lowest BCUT2D eigenvalue weighted by molar-refractivity contribution is 0.0636. The monoisotopic (exact) mass is 234 g/mol. The number of nitrogens with one attached hydrogen (secondary N) is 1. The quantitative estimate of drug-likeness (QED) is 0.820. The van der Waals surface area contributed by atoms with Crippen molar-refractivity contribution in [3.05, 3.63) is 24.7 Å². The van der Waals surface area contributed by atoms with Gasteiger partial charge in [0.1, 0.15) is 11.9 Å². The van der Waals surface area contributed by atoms with Crippen LogP contribution < -0.4 is 5.32 Å². The van der Waals surface area contributed by atoms with E-state index in [4.69, 9.17) is 4.74 Å². The molecule has 0 saturated heterocycles. The molecule has 0 aliphatic rings. The Labute approximate surface area is 98.6 Å². The summed E-state index contributed by atoms with van der Waals surface area (Å²) in [5, 5.41) is 10.3. The third-order valence-electron chi connectivity index (χ3n) is 1.95. The van der Waals surface area contributed by atoms with Crippen LogP contribution >= 0.6 is 0 Å². The zero-order valence-corrected chi connectivity index (χ0v) is 9.97. The van der Waals surface area contributed by atoms with Crippen LogP contribution in [0.5, 0.6) is 0 Å². The van der Waals surface area contributed by atoms with E-state index in [0.717, 1.165) is 0 Å². The lowest BCUT2D eigenvalue weighted by Gasteiger charge is -2.19. The van der Waals surface area contributed by atoms with Crippen LogP contribution in [-0.4, -0.2) is 26.3 Å². The van der Waals surface area contributed by atoms with E-state index in [2.05, 4.69) is 15.5 Å². The average Bonchev–Trinajstić information content (AvgIpc) is 2.61. The first-order valence-electron chi connectivity index (χ1n) is 5.23. The Hall–Kier alpha value is -2.11. The van der Waals surface area contributed by atoms with E-state index in [0.29, 0.717) is 11.3 Å². The summed E-state index contributed by atoms with van der Waals surface area (Å²) in [7, 11) is 0. The highest BCUT2D eigenvalue weighted by Crippen LogP contribution is 2.12. The first kappa shape index (κ1) is 11.4. The van der Waals surface area contributed by atoms with E-state index < -0.39 is 11.7 Å². The fourth-order valence-corrected chi connectivity index (χ4v) is 1.32. The van der Waals surface area contributed by atoms with E-state index in [1.54, 1.807) is 29.1 Å². The van der Waals surface area contributed by atoms with Gasteiger partial charge in [0.15, 0.2) is 5.65 Å². The molecule has 2 aromatic rings. The van der Waals surface area contributed by atoms with Crippen LogP contribution in [0.1, 0.15) is 20.8 Å². The van der Waals surface area contributed by atoms with Crippen molar-refractivity contribution in [2.24, 2.45) is 0 Å². The Kier molecular flexibility index (Phi) is 2.71. The molecule has 0 fully saturated rings. The third kappa shape index (κ3) is 2.93. The summed E-state index contributed by atoms with van der Waals surface area (Å²) >= 11 is 0. The summed E-state index contributed by atoms with van der Waals surface area (Å²) in [6.07, 6.45) is 2.87. The van der Waals surface area contributed by atoms with Crippen molar-refractivity contribution in [3.8, 4) is 0 Å². The van der Waals surface area contributed by atoms with Crippen LogP contribution in [0.25, 0.3) is 5.65 Å². The Bertz CT molecular complexity index is 542. The fourth-order valence-electron chi connectivity index (χ4n) is 1.32. The molecule has 0 aliphatic heterocycles. The van der Waals surface area contributed by atoms with E-state index in [1.165, 1.54) is 0 Å². The highest BCUT2D eigenvalue weighted by atomic mass is 16.6. The molecule has 0 aromatic carbocycles. The molecule has 0 spiro atoms. The van der Waals surface area contributed by atoms with Crippen molar-refractivity contribution in [2.75, 3.05) is 5.32 Å². The second-order valence-corrected chi connectivity index (χ2v) is 4.64. The number of carbonyl (C=O) groups is 1. The molecule has 17 heavy (non-hydrogen) atoms. The smallest absolute Gasteiger partial charge is 0.412 e. The molecular weight excluding hydrogens is 220 g/mol. The second-order valence-electron chi connectivity index (χ2n) is 4.64. The number of hydrogen-bond donors (Lipinski definition) is 1. The molecule has 2 rings (SSSR count). The number of anilines is 1. The number of aromatic nitrogens is 3. The number of amides is 1. The van der Waals surface area contributed by atoms with Gasteiger partial charge in [0.25, 0.3) is 0 Å². The van der Waals surface area contributed by atoms with Crippen molar-refractivity contribution in [3.63, 3.8) is 0 Å². The predicted octanol–water partition coefficient (Wildman–Crippen LogP) is 2.08. The van der Waals surface area contributed by atoms with Gasteiger partial charge in [-0.2, -0.15) is 0 Å². The molecule has 0 unspecified atom stereocenters. The Morgan fingerprint density at radius 2 is 2.24 bits per heavy atom. The third-order valence-corrected chi connectivity index (χ3v) is 1.95. The summed E-state index contributed by atoms with van der Waals surface area (Å²) in [6.45, 7) is 5.44. The number of fused-ring (bicyclic) bond motifs is 1. The van der Waals surface area contributed by atoms with Gasteiger partial charge in [-0.15, -0.1) is 10.2 Å². The van der Waals surface area contributed by atoms with Gasteiger partial charge < -0.3 is 4.74 Å². The van der Waals surface area contributed by atoms with Crippen LogP contribution in [0.15, 0.2) is 24.7 Å².